The van der Waals surface area contributed by atoms with E-state index < -0.39 is 6.36 Å². The van der Waals surface area contributed by atoms with E-state index in [4.69, 9.17) is 0 Å². The minimum atomic E-state index is -4.69. The summed E-state index contributed by atoms with van der Waals surface area (Å²) < 4.78 is 42.3. The maximum atomic E-state index is 12.7. The van der Waals surface area contributed by atoms with E-state index in [-0.39, 0.29) is 5.75 Å². The first-order valence-corrected chi connectivity index (χ1v) is 11.1. The number of benzene rings is 2. The van der Waals surface area contributed by atoms with Crippen molar-refractivity contribution in [3.63, 3.8) is 0 Å². The molecule has 0 atom stereocenters. The third-order valence-corrected chi connectivity index (χ3v) is 4.26. The van der Waals surface area contributed by atoms with Gasteiger partial charge in [-0.05, 0) is 37.7 Å². The largest absolute Gasteiger partial charge is 0.573 e. The third-order valence-electron chi connectivity index (χ3n) is 4.26. The molecule has 0 N–H and O–H groups in total. The summed E-state index contributed by atoms with van der Waals surface area (Å²) >= 11 is 0. The Hall–Kier alpha value is -2.05. The Morgan fingerprint density at radius 3 is 2.00 bits per heavy atom. The van der Waals surface area contributed by atoms with E-state index in [1.165, 1.54) is 11.6 Å². The molecule has 0 radical (unpaired) electrons. The van der Waals surface area contributed by atoms with Crippen LogP contribution < -0.4 is 4.74 Å². The lowest BCUT2D eigenvalue weighted by Crippen LogP contribution is -2.31. The Kier molecular flexibility index (Phi) is 14.7. The van der Waals surface area contributed by atoms with Crippen molar-refractivity contribution in [1.29, 1.82) is 0 Å². The van der Waals surface area contributed by atoms with Crippen LogP contribution in [0.3, 0.4) is 0 Å². The van der Waals surface area contributed by atoms with E-state index in [1.807, 2.05) is 47.9 Å². The van der Waals surface area contributed by atoms with Crippen LogP contribution in [0.1, 0.15) is 51.3 Å². The van der Waals surface area contributed by atoms with E-state index in [0.29, 0.717) is 18.7 Å². The fourth-order valence-electron chi connectivity index (χ4n) is 2.86. The van der Waals surface area contributed by atoms with Gasteiger partial charge in [0.25, 0.3) is 0 Å². The summed E-state index contributed by atoms with van der Waals surface area (Å²) in [4.78, 5) is 4.21. The number of alkyl halides is 3. The minimum absolute atomic E-state index is 0.137. The summed E-state index contributed by atoms with van der Waals surface area (Å²) in [5, 5.41) is 0. The molecule has 2 rings (SSSR count). The number of halogens is 3. The van der Waals surface area contributed by atoms with E-state index in [0.717, 1.165) is 25.1 Å². The molecule has 0 saturated carbocycles. The molecule has 3 nitrogen and oxygen atoms in total. The van der Waals surface area contributed by atoms with Crippen molar-refractivity contribution < 1.29 is 17.9 Å². The van der Waals surface area contributed by atoms with Gasteiger partial charge >= 0.3 is 6.36 Å². The molecule has 0 heterocycles. The van der Waals surface area contributed by atoms with Crippen molar-refractivity contribution in [2.24, 2.45) is 0 Å². The molecule has 0 aliphatic heterocycles. The maximum Gasteiger partial charge on any atom is 0.573 e. The summed E-state index contributed by atoms with van der Waals surface area (Å²) in [7, 11) is 3.97. The Labute approximate surface area is 186 Å². The summed E-state index contributed by atoms with van der Waals surface area (Å²) in [6.45, 7) is 12.7. The number of rotatable bonds is 9. The van der Waals surface area contributed by atoms with Gasteiger partial charge in [0.1, 0.15) is 5.75 Å². The lowest BCUT2D eigenvalue weighted by atomic mass is 10.1. The van der Waals surface area contributed by atoms with Crippen molar-refractivity contribution in [3.8, 4) is 5.75 Å². The predicted octanol–water partition coefficient (Wildman–Crippen LogP) is 6.76. The summed E-state index contributed by atoms with van der Waals surface area (Å²) in [5.41, 5.74) is 2.93. The minimum Gasteiger partial charge on any atom is -0.405 e. The second-order valence-electron chi connectivity index (χ2n) is 6.84. The fraction of sp³-hybridized carbons (Fsp3) is 0.520. The van der Waals surface area contributed by atoms with Crippen molar-refractivity contribution in [2.75, 3.05) is 27.2 Å². The van der Waals surface area contributed by atoms with Crippen LogP contribution in [0.15, 0.2) is 48.5 Å². The normalized spacial score (nSPS) is 10.8. The number of likely N-dealkylation sites (N-methyl/N-ethyl adjacent to an activating group) is 1. The average Bonchev–Trinajstić information content (AvgIpc) is 2.75. The van der Waals surface area contributed by atoms with E-state index in [2.05, 4.69) is 39.7 Å². The van der Waals surface area contributed by atoms with Gasteiger partial charge in [0.15, 0.2) is 0 Å². The van der Waals surface area contributed by atoms with Crippen molar-refractivity contribution in [2.45, 2.75) is 60.5 Å². The van der Waals surface area contributed by atoms with Crippen LogP contribution in [-0.4, -0.2) is 43.3 Å². The Balaban J connectivity index is 0.00000212. The van der Waals surface area contributed by atoms with Crippen LogP contribution in [0.5, 0.6) is 5.75 Å². The molecule has 0 spiro atoms. The first-order valence-electron chi connectivity index (χ1n) is 11.1. The van der Waals surface area contributed by atoms with Crippen LogP contribution in [0, 0.1) is 0 Å². The maximum absolute atomic E-state index is 12.7. The van der Waals surface area contributed by atoms with Gasteiger partial charge in [-0.15, -0.1) is 13.2 Å². The summed E-state index contributed by atoms with van der Waals surface area (Å²) in [5.74, 6) is -0.137. The zero-order valence-electron chi connectivity index (χ0n) is 20.1. The molecular weight excluding hydrogens is 401 g/mol. The highest BCUT2D eigenvalue weighted by atomic mass is 19.4. The lowest BCUT2D eigenvalue weighted by molar-refractivity contribution is -0.275. The number of para-hydroxylation sites is 1. The molecule has 0 amide bonds. The topological polar surface area (TPSA) is 15.7 Å². The average molecular weight is 441 g/mol. The fourth-order valence-corrected chi connectivity index (χ4v) is 2.86. The monoisotopic (exact) mass is 440 g/mol. The highest BCUT2D eigenvalue weighted by Gasteiger charge is 2.32. The SMILES string of the molecule is CC.CC.CCc1cccc(CN(CCN(C)C)Cc2ccccc2OC(F)(F)F)c1. The molecule has 0 aliphatic rings. The van der Waals surface area contributed by atoms with E-state index in [9.17, 15) is 13.2 Å². The number of ether oxygens (including phenoxy) is 1. The van der Waals surface area contributed by atoms with Crippen LogP contribution >= 0.6 is 0 Å². The van der Waals surface area contributed by atoms with Gasteiger partial charge in [0, 0.05) is 31.7 Å². The predicted molar refractivity (Wildman–Crippen MR) is 124 cm³/mol. The smallest absolute Gasteiger partial charge is 0.405 e. The van der Waals surface area contributed by atoms with Gasteiger partial charge in [0.05, 0.1) is 0 Å². The summed E-state index contributed by atoms with van der Waals surface area (Å²) in [6, 6.07) is 14.7. The van der Waals surface area contributed by atoms with Gasteiger partial charge in [-0.25, -0.2) is 0 Å². The van der Waals surface area contributed by atoms with Gasteiger partial charge < -0.3 is 9.64 Å². The number of hydrogen-bond donors (Lipinski definition) is 0. The molecule has 0 saturated heterocycles. The first kappa shape index (κ1) is 28.9. The first-order chi connectivity index (χ1) is 14.8. The molecule has 0 aliphatic carbocycles. The number of nitrogens with zero attached hydrogens (tertiary/aromatic N) is 2. The molecule has 0 bridgehead atoms. The van der Waals surface area contributed by atoms with Crippen LogP contribution in [-0.2, 0) is 19.5 Å². The van der Waals surface area contributed by atoms with E-state index in [1.54, 1.807) is 18.2 Å². The van der Waals surface area contributed by atoms with Gasteiger partial charge in [-0.2, -0.15) is 0 Å². The molecule has 2 aromatic rings. The van der Waals surface area contributed by atoms with E-state index >= 15 is 0 Å². The molecule has 31 heavy (non-hydrogen) atoms. The second kappa shape index (κ2) is 15.7. The standard InChI is InChI=1S/C21H27F3N2O.2C2H6/c1-4-17-8-7-9-18(14-17)15-26(13-12-25(2)3)16-19-10-5-6-11-20(19)27-21(22,23)24;2*1-2/h5-11,14H,4,12-13,15-16H2,1-3H3;2*1-2H3. The quantitative estimate of drug-likeness (QED) is 0.428. The zero-order chi connectivity index (χ0) is 23.9. The lowest BCUT2D eigenvalue weighted by Gasteiger charge is -2.25. The molecule has 176 valence electrons. The van der Waals surface area contributed by atoms with Crippen molar-refractivity contribution >= 4 is 0 Å². The molecule has 2 aromatic carbocycles. The van der Waals surface area contributed by atoms with Gasteiger partial charge in [0.2, 0.25) is 0 Å². The van der Waals surface area contributed by atoms with Crippen molar-refractivity contribution in [3.05, 3.63) is 65.2 Å². The molecule has 0 fully saturated rings. The van der Waals surface area contributed by atoms with Crippen LogP contribution in [0.2, 0.25) is 0 Å². The van der Waals surface area contributed by atoms with Gasteiger partial charge in [-0.1, -0.05) is 77.1 Å². The number of hydrogen-bond acceptors (Lipinski definition) is 3. The third kappa shape index (κ3) is 12.4. The highest BCUT2D eigenvalue weighted by Crippen LogP contribution is 2.27. The van der Waals surface area contributed by atoms with Gasteiger partial charge in [-0.3, -0.25) is 4.90 Å². The zero-order valence-corrected chi connectivity index (χ0v) is 20.1. The molecule has 6 heteroatoms. The second-order valence-corrected chi connectivity index (χ2v) is 6.84. The molecule has 0 unspecified atom stereocenters. The number of aryl methyl sites for hydroxylation is 1. The Morgan fingerprint density at radius 2 is 1.42 bits per heavy atom. The van der Waals surface area contributed by atoms with Crippen molar-refractivity contribution in [1.82, 2.24) is 9.80 Å². The van der Waals surface area contributed by atoms with Crippen LogP contribution in [0.25, 0.3) is 0 Å². The highest BCUT2D eigenvalue weighted by molar-refractivity contribution is 5.33. The Morgan fingerprint density at radius 1 is 0.806 bits per heavy atom. The summed E-state index contributed by atoms with van der Waals surface area (Å²) in [6.07, 6.45) is -3.74. The Bertz CT molecular complexity index is 718. The molecule has 0 aromatic heterocycles. The molecular formula is C25H39F3N2O. The van der Waals surface area contributed by atoms with Crippen LogP contribution in [0.4, 0.5) is 13.2 Å².